The third-order valence-electron chi connectivity index (χ3n) is 1.19. The van der Waals surface area contributed by atoms with E-state index in [0.717, 1.165) is 11.6 Å². The smallest absolute Gasteiger partial charge is 0.0167 e. The zero-order valence-electron chi connectivity index (χ0n) is 3.72. The minimum Gasteiger partial charge on any atom is -0.134 e. The molecule has 1 fully saturated rings. The summed E-state index contributed by atoms with van der Waals surface area (Å²) >= 11 is 0. The molecule has 0 saturated heterocycles. The van der Waals surface area contributed by atoms with E-state index in [9.17, 15) is 0 Å². The SMILES string of the molecule is C=CC1CC1P. The summed E-state index contributed by atoms with van der Waals surface area (Å²) in [5.41, 5.74) is 0.863. The van der Waals surface area contributed by atoms with E-state index in [4.69, 9.17) is 0 Å². The Morgan fingerprint density at radius 2 is 2.33 bits per heavy atom. The van der Waals surface area contributed by atoms with Gasteiger partial charge >= 0.3 is 0 Å². The monoisotopic (exact) mass is 100 g/mol. The molecule has 1 aliphatic carbocycles. The van der Waals surface area contributed by atoms with E-state index in [1.165, 1.54) is 6.42 Å². The Morgan fingerprint density at radius 1 is 1.83 bits per heavy atom. The molecule has 0 radical (unpaired) electrons. The molecule has 0 aliphatic heterocycles. The van der Waals surface area contributed by atoms with Gasteiger partial charge in [-0.05, 0) is 18.0 Å². The first-order chi connectivity index (χ1) is 2.84. The summed E-state index contributed by atoms with van der Waals surface area (Å²) in [6.07, 6.45) is 3.37. The van der Waals surface area contributed by atoms with E-state index in [-0.39, 0.29) is 0 Å². The Hall–Kier alpha value is 0.170. The van der Waals surface area contributed by atoms with E-state index in [1.54, 1.807) is 0 Å². The molecule has 1 saturated carbocycles. The van der Waals surface area contributed by atoms with Crippen LogP contribution >= 0.6 is 9.24 Å². The fraction of sp³-hybridized carbons (Fsp3) is 0.600. The molecular formula is C5H9P. The van der Waals surface area contributed by atoms with Crippen molar-refractivity contribution < 1.29 is 0 Å². The normalized spacial score (nSPS) is 42.2. The number of hydrogen-bond acceptors (Lipinski definition) is 0. The Labute approximate surface area is 40.8 Å². The molecule has 1 heteroatoms. The minimum atomic E-state index is 0.829. The van der Waals surface area contributed by atoms with Gasteiger partial charge in [0.15, 0.2) is 0 Å². The lowest BCUT2D eigenvalue weighted by atomic mass is 10.4. The third-order valence-corrected chi connectivity index (χ3v) is 1.96. The van der Waals surface area contributed by atoms with Gasteiger partial charge in [0, 0.05) is 0 Å². The van der Waals surface area contributed by atoms with Gasteiger partial charge in [-0.1, -0.05) is 6.08 Å². The maximum absolute atomic E-state index is 3.66. The number of rotatable bonds is 1. The molecular weight excluding hydrogens is 91.0 g/mol. The molecule has 3 atom stereocenters. The van der Waals surface area contributed by atoms with E-state index in [2.05, 4.69) is 15.8 Å². The molecule has 0 nitrogen and oxygen atoms in total. The number of hydrogen-bond donors (Lipinski definition) is 0. The average Bonchev–Trinajstić information content (AvgIpc) is 2.19. The molecule has 1 rings (SSSR count). The highest BCUT2D eigenvalue weighted by molar-refractivity contribution is 7.18. The van der Waals surface area contributed by atoms with Crippen molar-refractivity contribution in [3.63, 3.8) is 0 Å². The quantitative estimate of drug-likeness (QED) is 0.345. The van der Waals surface area contributed by atoms with Crippen molar-refractivity contribution in [3.05, 3.63) is 12.7 Å². The molecule has 6 heavy (non-hydrogen) atoms. The second-order valence-corrected chi connectivity index (χ2v) is 2.66. The van der Waals surface area contributed by atoms with Gasteiger partial charge < -0.3 is 0 Å². The van der Waals surface area contributed by atoms with Crippen molar-refractivity contribution in [2.45, 2.75) is 12.1 Å². The predicted molar refractivity (Wildman–Crippen MR) is 31.8 cm³/mol. The molecule has 0 spiro atoms. The van der Waals surface area contributed by atoms with Gasteiger partial charge in [0.05, 0.1) is 0 Å². The van der Waals surface area contributed by atoms with Crippen LogP contribution in [0.4, 0.5) is 0 Å². The van der Waals surface area contributed by atoms with Crippen LogP contribution in [0.3, 0.4) is 0 Å². The van der Waals surface area contributed by atoms with Gasteiger partial charge in [-0.3, -0.25) is 0 Å². The van der Waals surface area contributed by atoms with Crippen LogP contribution in [0.2, 0.25) is 0 Å². The van der Waals surface area contributed by atoms with Crippen molar-refractivity contribution in [2.24, 2.45) is 5.92 Å². The van der Waals surface area contributed by atoms with Crippen LogP contribution in [-0.4, -0.2) is 5.66 Å². The molecule has 1 aliphatic rings. The van der Waals surface area contributed by atoms with Crippen LogP contribution in [0.25, 0.3) is 0 Å². The van der Waals surface area contributed by atoms with Gasteiger partial charge in [0.2, 0.25) is 0 Å². The van der Waals surface area contributed by atoms with Crippen molar-refractivity contribution in [1.29, 1.82) is 0 Å². The Balaban J connectivity index is 2.25. The highest BCUT2D eigenvalue weighted by Gasteiger charge is 2.28. The Morgan fingerprint density at radius 3 is 2.33 bits per heavy atom. The molecule has 0 aromatic heterocycles. The summed E-state index contributed by atoms with van der Waals surface area (Å²) in [5.74, 6) is 0.829. The lowest BCUT2D eigenvalue weighted by Gasteiger charge is -1.72. The average molecular weight is 100 g/mol. The summed E-state index contributed by atoms with van der Waals surface area (Å²) in [4.78, 5) is 0. The van der Waals surface area contributed by atoms with Crippen molar-refractivity contribution in [2.75, 3.05) is 0 Å². The van der Waals surface area contributed by atoms with E-state index in [1.807, 2.05) is 6.08 Å². The van der Waals surface area contributed by atoms with Crippen LogP contribution < -0.4 is 0 Å². The standard InChI is InChI=1S/C5H9P/c1-2-4-3-5(4)6/h2,4-5H,1,3,6H2. The first-order valence-electron chi connectivity index (χ1n) is 2.22. The van der Waals surface area contributed by atoms with Crippen LogP contribution in [0.5, 0.6) is 0 Å². The molecule has 34 valence electrons. The zero-order valence-corrected chi connectivity index (χ0v) is 4.88. The molecule has 0 bridgehead atoms. The first-order valence-corrected chi connectivity index (χ1v) is 2.89. The van der Waals surface area contributed by atoms with Gasteiger partial charge in [0.1, 0.15) is 0 Å². The van der Waals surface area contributed by atoms with Crippen molar-refractivity contribution in [3.8, 4) is 0 Å². The Kier molecular flexibility index (Phi) is 0.972. The zero-order chi connectivity index (χ0) is 4.57. The van der Waals surface area contributed by atoms with Crippen LogP contribution in [-0.2, 0) is 0 Å². The molecule has 0 amide bonds. The largest absolute Gasteiger partial charge is 0.134 e. The van der Waals surface area contributed by atoms with E-state index in [0.29, 0.717) is 0 Å². The molecule has 0 aromatic carbocycles. The predicted octanol–water partition coefficient (Wildman–Crippen LogP) is 1.44. The van der Waals surface area contributed by atoms with Crippen LogP contribution in [0, 0.1) is 5.92 Å². The van der Waals surface area contributed by atoms with Crippen molar-refractivity contribution in [1.82, 2.24) is 0 Å². The van der Waals surface area contributed by atoms with Gasteiger partial charge in [-0.15, -0.1) is 15.8 Å². The summed E-state index contributed by atoms with van der Waals surface area (Å²) < 4.78 is 0. The minimum absolute atomic E-state index is 0.829. The summed E-state index contributed by atoms with van der Waals surface area (Å²) in [7, 11) is 2.78. The second kappa shape index (κ2) is 1.35. The lowest BCUT2D eigenvalue weighted by Crippen LogP contribution is -1.63. The van der Waals surface area contributed by atoms with Crippen LogP contribution in [0.1, 0.15) is 6.42 Å². The number of allylic oxidation sites excluding steroid dienone is 1. The molecule has 0 heterocycles. The fourth-order valence-electron chi connectivity index (χ4n) is 0.507. The molecule has 0 N–H and O–H groups in total. The lowest BCUT2D eigenvalue weighted by molar-refractivity contribution is 1.14. The van der Waals surface area contributed by atoms with E-state index >= 15 is 0 Å². The molecule has 0 aromatic rings. The Bertz CT molecular complexity index is 68.3. The molecule has 3 unspecified atom stereocenters. The highest BCUT2D eigenvalue weighted by Crippen LogP contribution is 2.38. The third kappa shape index (κ3) is 0.628. The van der Waals surface area contributed by atoms with Crippen molar-refractivity contribution >= 4 is 9.24 Å². The topological polar surface area (TPSA) is 0 Å². The van der Waals surface area contributed by atoms with Gasteiger partial charge in [-0.2, -0.15) is 0 Å². The highest BCUT2D eigenvalue weighted by atomic mass is 31.0. The first kappa shape index (κ1) is 4.33. The second-order valence-electron chi connectivity index (χ2n) is 1.80. The van der Waals surface area contributed by atoms with Crippen LogP contribution in [0.15, 0.2) is 12.7 Å². The summed E-state index contributed by atoms with van der Waals surface area (Å²) in [5, 5.41) is 0. The fourth-order valence-corrected chi connectivity index (χ4v) is 0.978. The summed E-state index contributed by atoms with van der Waals surface area (Å²) in [6, 6.07) is 0. The maximum atomic E-state index is 3.66. The summed E-state index contributed by atoms with van der Waals surface area (Å²) in [6.45, 7) is 3.66. The van der Waals surface area contributed by atoms with Gasteiger partial charge in [0.25, 0.3) is 0 Å². The van der Waals surface area contributed by atoms with Gasteiger partial charge in [-0.25, -0.2) is 0 Å². The maximum Gasteiger partial charge on any atom is -0.0167 e. The van der Waals surface area contributed by atoms with E-state index < -0.39 is 0 Å².